The summed E-state index contributed by atoms with van der Waals surface area (Å²) in [5.41, 5.74) is 6.56. The second-order valence-corrected chi connectivity index (χ2v) is 8.66. The van der Waals surface area contributed by atoms with Crippen molar-refractivity contribution in [1.29, 1.82) is 5.26 Å². The summed E-state index contributed by atoms with van der Waals surface area (Å²) in [6.45, 7) is 0. The number of esters is 2. The van der Waals surface area contributed by atoms with Crippen molar-refractivity contribution in [3.8, 4) is 17.3 Å². The molecule has 12 heteroatoms. The standard InChI is InChI=1S/C26H22N6O5S/c1-36-24(34)19-18(14-9-5-4-6-10-14)16(13-27)22(28)32(21(19)25(35)37-2)17-12-8-7-11-15(17)20-23(33)29-26(38-3)31-30-20/h4-12,18H,28H2,1-3H3,(H,29,31,33). The van der Waals surface area contributed by atoms with E-state index in [1.165, 1.54) is 23.8 Å². The summed E-state index contributed by atoms with van der Waals surface area (Å²) in [6, 6.07) is 17.2. The van der Waals surface area contributed by atoms with Gasteiger partial charge in [-0.3, -0.25) is 14.7 Å². The number of nitriles is 1. The second kappa shape index (κ2) is 11.0. The van der Waals surface area contributed by atoms with Crippen LogP contribution < -0.4 is 16.2 Å². The Morgan fingerprint density at radius 1 is 1.05 bits per heavy atom. The van der Waals surface area contributed by atoms with E-state index in [4.69, 9.17) is 15.2 Å². The normalized spacial score (nSPS) is 15.2. The lowest BCUT2D eigenvalue weighted by atomic mass is 9.80. The maximum atomic E-state index is 13.3. The Morgan fingerprint density at radius 3 is 2.32 bits per heavy atom. The van der Waals surface area contributed by atoms with Crippen LogP contribution in [0.15, 0.2) is 87.2 Å². The van der Waals surface area contributed by atoms with Gasteiger partial charge in [0.2, 0.25) is 0 Å². The smallest absolute Gasteiger partial charge is 0.355 e. The molecule has 1 atom stereocenters. The number of allylic oxidation sites excluding steroid dienone is 1. The molecule has 192 valence electrons. The number of aromatic amines is 1. The van der Waals surface area contributed by atoms with E-state index in [0.717, 1.165) is 7.11 Å². The Morgan fingerprint density at radius 2 is 1.71 bits per heavy atom. The SMILES string of the molecule is COC(=O)C1=C(C(=O)OC)N(c2ccccc2-c2nnc(SC)[nH]c2=O)C(N)=C(C#N)C1c1ccccc1. The number of hydrogen-bond acceptors (Lipinski definition) is 11. The first-order chi connectivity index (χ1) is 18.4. The highest BCUT2D eigenvalue weighted by molar-refractivity contribution is 7.98. The predicted octanol–water partition coefficient (Wildman–Crippen LogP) is 2.45. The van der Waals surface area contributed by atoms with E-state index in [2.05, 4.69) is 21.3 Å². The van der Waals surface area contributed by atoms with E-state index < -0.39 is 23.4 Å². The molecule has 0 bridgehead atoms. The van der Waals surface area contributed by atoms with Crippen molar-refractivity contribution < 1.29 is 19.1 Å². The Hall–Kier alpha value is -4.89. The summed E-state index contributed by atoms with van der Waals surface area (Å²) in [5.74, 6) is -2.91. The topological polar surface area (TPSA) is 164 Å². The van der Waals surface area contributed by atoms with Crippen LogP contribution in [0.2, 0.25) is 0 Å². The highest BCUT2D eigenvalue weighted by atomic mass is 32.2. The van der Waals surface area contributed by atoms with Crippen LogP contribution >= 0.6 is 11.8 Å². The van der Waals surface area contributed by atoms with Crippen molar-refractivity contribution in [3.63, 3.8) is 0 Å². The molecule has 1 aromatic heterocycles. The minimum absolute atomic E-state index is 0.00298. The van der Waals surface area contributed by atoms with Crippen LogP contribution in [0.1, 0.15) is 11.5 Å². The first-order valence-corrected chi connectivity index (χ1v) is 12.4. The Balaban J connectivity index is 2.09. The van der Waals surface area contributed by atoms with Gasteiger partial charge in [0.25, 0.3) is 5.56 Å². The molecule has 4 rings (SSSR count). The van der Waals surface area contributed by atoms with Gasteiger partial charge in [-0.05, 0) is 17.9 Å². The number of nitrogens with one attached hydrogen (secondary N) is 1. The van der Waals surface area contributed by atoms with Crippen LogP contribution in [0, 0.1) is 11.3 Å². The number of anilines is 1. The van der Waals surface area contributed by atoms with Gasteiger partial charge in [-0.1, -0.05) is 60.3 Å². The molecule has 1 unspecified atom stereocenters. The molecule has 2 heterocycles. The largest absolute Gasteiger partial charge is 0.466 e. The molecule has 38 heavy (non-hydrogen) atoms. The van der Waals surface area contributed by atoms with Crippen molar-refractivity contribution in [2.45, 2.75) is 11.1 Å². The molecule has 0 saturated carbocycles. The fraction of sp³-hybridized carbons (Fsp3) is 0.154. The molecule has 3 aromatic rings. The average Bonchev–Trinajstić information content (AvgIpc) is 2.96. The predicted molar refractivity (Wildman–Crippen MR) is 139 cm³/mol. The zero-order chi connectivity index (χ0) is 27.4. The molecule has 0 aliphatic carbocycles. The van der Waals surface area contributed by atoms with Crippen LogP contribution in [0.3, 0.4) is 0 Å². The van der Waals surface area contributed by atoms with Gasteiger partial charge in [-0.25, -0.2) is 9.59 Å². The first-order valence-electron chi connectivity index (χ1n) is 11.1. The molecule has 0 radical (unpaired) electrons. The zero-order valence-electron chi connectivity index (χ0n) is 20.6. The number of carbonyl (C=O) groups is 2. The van der Waals surface area contributed by atoms with Crippen molar-refractivity contribution in [2.75, 3.05) is 25.4 Å². The van der Waals surface area contributed by atoms with E-state index in [1.807, 2.05) is 0 Å². The molecular weight excluding hydrogens is 508 g/mol. The van der Waals surface area contributed by atoms with E-state index >= 15 is 0 Å². The van der Waals surface area contributed by atoms with Crippen molar-refractivity contribution >= 4 is 29.4 Å². The van der Waals surface area contributed by atoms with Crippen molar-refractivity contribution in [1.82, 2.24) is 15.2 Å². The van der Waals surface area contributed by atoms with Crippen LogP contribution in [-0.4, -0.2) is 47.6 Å². The van der Waals surface area contributed by atoms with Gasteiger partial charge >= 0.3 is 11.9 Å². The van der Waals surface area contributed by atoms with Crippen molar-refractivity contribution in [3.05, 3.63) is 93.2 Å². The Bertz CT molecular complexity index is 1570. The lowest BCUT2D eigenvalue weighted by Crippen LogP contribution is -2.41. The number of hydrogen-bond donors (Lipinski definition) is 2. The molecular formula is C26H22N6O5S. The number of aromatic nitrogens is 3. The number of carbonyl (C=O) groups excluding carboxylic acids is 2. The zero-order valence-corrected chi connectivity index (χ0v) is 21.4. The van der Waals surface area contributed by atoms with Gasteiger partial charge < -0.3 is 15.2 Å². The van der Waals surface area contributed by atoms with Crippen LogP contribution in [0.5, 0.6) is 0 Å². The Labute approximate surface area is 221 Å². The second-order valence-electron chi connectivity index (χ2n) is 7.86. The maximum Gasteiger partial charge on any atom is 0.355 e. The highest BCUT2D eigenvalue weighted by Crippen LogP contribution is 2.44. The fourth-order valence-corrected chi connectivity index (χ4v) is 4.54. The molecule has 1 aliphatic rings. The number of H-pyrrole nitrogens is 1. The minimum Gasteiger partial charge on any atom is -0.466 e. The lowest BCUT2D eigenvalue weighted by Gasteiger charge is -2.36. The van der Waals surface area contributed by atoms with Crippen LogP contribution in [0.25, 0.3) is 11.3 Å². The summed E-state index contributed by atoms with van der Waals surface area (Å²) in [4.78, 5) is 43.3. The summed E-state index contributed by atoms with van der Waals surface area (Å²) < 4.78 is 10.1. The molecule has 0 spiro atoms. The summed E-state index contributed by atoms with van der Waals surface area (Å²) in [5, 5.41) is 18.6. The average molecular weight is 531 g/mol. The van der Waals surface area contributed by atoms with Gasteiger partial charge in [0.1, 0.15) is 11.5 Å². The first kappa shape index (κ1) is 26.2. The molecule has 2 aromatic carbocycles. The highest BCUT2D eigenvalue weighted by Gasteiger charge is 2.43. The maximum absolute atomic E-state index is 13.3. The molecule has 0 fully saturated rings. The van der Waals surface area contributed by atoms with E-state index in [-0.39, 0.29) is 39.6 Å². The van der Waals surface area contributed by atoms with E-state index in [1.54, 1.807) is 60.9 Å². The van der Waals surface area contributed by atoms with Gasteiger partial charge in [0.15, 0.2) is 10.9 Å². The quantitative estimate of drug-likeness (QED) is 0.355. The number of ether oxygens (including phenoxy) is 2. The van der Waals surface area contributed by atoms with Gasteiger partial charge in [0, 0.05) is 5.56 Å². The molecule has 1 aliphatic heterocycles. The summed E-state index contributed by atoms with van der Waals surface area (Å²) in [7, 11) is 2.32. The van der Waals surface area contributed by atoms with Crippen LogP contribution in [-0.2, 0) is 19.1 Å². The van der Waals surface area contributed by atoms with Gasteiger partial charge in [-0.2, -0.15) is 5.26 Å². The molecule has 3 N–H and O–H groups in total. The number of nitrogens with zero attached hydrogens (tertiary/aromatic N) is 4. The fourth-order valence-electron chi connectivity index (χ4n) is 4.22. The third-order valence-electron chi connectivity index (χ3n) is 5.88. The van der Waals surface area contributed by atoms with E-state index in [9.17, 15) is 19.6 Å². The third-order valence-corrected chi connectivity index (χ3v) is 6.45. The summed E-state index contributed by atoms with van der Waals surface area (Å²) in [6.07, 6.45) is 1.74. The van der Waals surface area contributed by atoms with E-state index in [0.29, 0.717) is 10.7 Å². The summed E-state index contributed by atoms with van der Waals surface area (Å²) >= 11 is 1.21. The number of para-hydroxylation sites is 1. The third kappa shape index (κ3) is 4.51. The number of benzene rings is 2. The number of nitrogens with two attached hydrogens (primary N) is 1. The van der Waals surface area contributed by atoms with Crippen LogP contribution in [0.4, 0.5) is 5.69 Å². The number of methoxy groups -OCH3 is 2. The van der Waals surface area contributed by atoms with Gasteiger partial charge in [-0.15, -0.1) is 10.2 Å². The monoisotopic (exact) mass is 530 g/mol. The minimum atomic E-state index is -1.02. The lowest BCUT2D eigenvalue weighted by molar-refractivity contribution is -0.139. The molecule has 0 amide bonds. The van der Waals surface area contributed by atoms with Crippen molar-refractivity contribution in [2.24, 2.45) is 5.73 Å². The van der Waals surface area contributed by atoms with Gasteiger partial charge in [0.05, 0.1) is 43.0 Å². The molecule has 11 nitrogen and oxygen atoms in total. The number of thioether (sulfide) groups is 1. The number of rotatable bonds is 6. The molecule has 0 saturated heterocycles. The Kier molecular flexibility index (Phi) is 7.59.